The molecule has 6 aromatic heterocycles. The van der Waals surface area contributed by atoms with E-state index >= 15 is 0 Å². The zero-order valence-electron chi connectivity index (χ0n) is 50.6. The number of hydrogen-bond donors (Lipinski definition) is 0. The molecule has 2 aromatic carbocycles. The second kappa shape index (κ2) is 37.2. The van der Waals surface area contributed by atoms with Crippen LogP contribution < -0.4 is 28.4 Å². The van der Waals surface area contributed by atoms with Gasteiger partial charge in [-0.1, -0.05) is 36.4 Å². The molecule has 0 saturated heterocycles. The Morgan fingerprint density at radius 1 is 0.292 bits per heavy atom. The predicted octanol–water partition coefficient (Wildman–Crippen LogP) is 13.5. The van der Waals surface area contributed by atoms with Crippen LogP contribution in [0.1, 0.15) is 11.1 Å². The fourth-order valence-corrected chi connectivity index (χ4v) is 7.77. The first-order chi connectivity index (χ1) is 43.6. The average molecular weight is 1460 g/mol. The number of ether oxygens (including phenoxy) is 12. The van der Waals surface area contributed by atoms with E-state index < -0.39 is 15.6 Å². The van der Waals surface area contributed by atoms with Gasteiger partial charge < -0.3 is 73.3 Å². The number of rotatable bonds is 10. The van der Waals surface area contributed by atoms with Crippen LogP contribution in [0.25, 0.3) is 45.6 Å². The summed E-state index contributed by atoms with van der Waals surface area (Å²) in [5.74, 6) is 3.87. The molecule has 0 aliphatic carbocycles. The van der Waals surface area contributed by atoms with Gasteiger partial charge in [-0.3, -0.25) is 19.9 Å². The van der Waals surface area contributed by atoms with Gasteiger partial charge in [-0.15, -0.1) is 0 Å². The normalized spacial score (nSPS) is 15.6. The minimum absolute atomic E-state index is 0. The van der Waals surface area contributed by atoms with Crippen LogP contribution in [0, 0.1) is 0 Å². The number of hydrogen-bond acceptors (Lipinski definition) is 18. The van der Waals surface area contributed by atoms with Crippen LogP contribution in [0.2, 0.25) is 0 Å². The van der Waals surface area contributed by atoms with Gasteiger partial charge in [0.05, 0.1) is 125 Å². The summed E-state index contributed by atoms with van der Waals surface area (Å²) < 4.78 is 188. The quantitative estimate of drug-likeness (QED) is 0.0908. The van der Waals surface area contributed by atoms with Gasteiger partial charge in [0.25, 0.3) is 0 Å². The summed E-state index contributed by atoms with van der Waals surface area (Å²) in [6, 6.07) is 42.0. The Morgan fingerprint density at radius 2 is 0.521 bits per heavy atom. The molecule has 0 fully saturated rings. The number of pyridine rings is 6. The molecule has 36 heteroatoms. The van der Waals surface area contributed by atoms with Gasteiger partial charge >= 0.3 is 82.8 Å². The molecular weight excluding hydrogens is 1390 g/mol. The van der Waals surface area contributed by atoms with Crippen LogP contribution in [-0.2, 0) is 58.4 Å². The number of fused-ring (bicyclic) bond motifs is 2. The van der Waals surface area contributed by atoms with Crippen molar-refractivity contribution in [3.05, 3.63) is 169 Å². The summed E-state index contributed by atoms with van der Waals surface area (Å²) >= 11 is 0. The topological polar surface area (TPSA) is 283 Å². The van der Waals surface area contributed by atoms with Gasteiger partial charge in [0.2, 0.25) is 0 Å². The van der Waals surface area contributed by atoms with Crippen molar-refractivity contribution in [3.8, 4) is 80.0 Å². The fraction of sp³-hybridized carbons (Fsp3) is 0.300. The fourth-order valence-electron chi connectivity index (χ4n) is 7.77. The minimum atomic E-state index is -10.7. The molecule has 531 valence electrons. The van der Waals surface area contributed by atoms with Gasteiger partial charge in [0.15, 0.2) is 23.0 Å². The molecule has 0 amide bonds. The smallest absolute Gasteiger partial charge is 0.489 e. The molecule has 0 bridgehead atoms. The van der Waals surface area contributed by atoms with Crippen molar-refractivity contribution in [2.75, 3.05) is 106 Å². The van der Waals surface area contributed by atoms with Crippen molar-refractivity contribution in [1.82, 2.24) is 29.9 Å². The van der Waals surface area contributed by atoms with Gasteiger partial charge in [0, 0.05) is 49.1 Å². The second-order valence-electron chi connectivity index (χ2n) is 19.1. The molecule has 0 unspecified atom stereocenters. The van der Waals surface area contributed by atoms with E-state index in [0.29, 0.717) is 176 Å². The Morgan fingerprint density at radius 3 is 0.750 bits per heavy atom. The Balaban J connectivity index is 0.000000403. The average Bonchev–Trinajstić information content (AvgIpc) is 0.825. The number of halogens is 12. The Kier molecular flexibility index (Phi) is 31.9. The number of aromatic nitrogens is 6. The van der Waals surface area contributed by atoms with Crippen LogP contribution in [0.15, 0.2) is 158 Å². The maximum Gasteiger partial charge on any atom is 2.00 e. The number of benzene rings is 2. The van der Waals surface area contributed by atoms with Crippen molar-refractivity contribution in [3.63, 3.8) is 0 Å². The van der Waals surface area contributed by atoms with Crippen molar-refractivity contribution in [2.45, 2.75) is 13.2 Å². The SMILES string of the molecule is F[P-](F)(F)(F)(F)F.F[P-](F)(F)(F)(F)F.O.O.O.[Co+2].c1ccc(-c2cc(OCc3ccc4c(c3)OCCOCCOCCOCCO4)cc(-c3ccccn3)n2)nc1.c1ccc(-c2cc(OCc3ccc4c(c3)OCCOCCOCCOCCO4)cc(-c3ccccn3)n2)nc1. The first-order valence-electron chi connectivity index (χ1n) is 27.9. The molecule has 1 radical (unpaired) electrons. The third kappa shape index (κ3) is 35.9. The summed E-state index contributed by atoms with van der Waals surface area (Å²) in [6.45, 7) is 8.22. The first kappa shape index (κ1) is 82.5. The maximum absolute atomic E-state index is 10.7. The molecule has 10 rings (SSSR count). The van der Waals surface area contributed by atoms with Crippen molar-refractivity contribution >= 4 is 15.6 Å². The molecule has 2 aliphatic heterocycles. The number of nitrogens with zero attached hydrogens (tertiary/aromatic N) is 6. The molecule has 8 heterocycles. The molecule has 0 saturated carbocycles. The van der Waals surface area contributed by atoms with E-state index in [0.717, 1.165) is 33.9 Å². The summed E-state index contributed by atoms with van der Waals surface area (Å²) in [5, 5.41) is 0. The predicted molar refractivity (Wildman–Crippen MR) is 328 cm³/mol. The third-order valence-corrected chi connectivity index (χ3v) is 11.6. The maximum atomic E-state index is 9.87. The molecule has 0 spiro atoms. The van der Waals surface area contributed by atoms with Gasteiger partial charge in [-0.05, 0) is 83.9 Å². The van der Waals surface area contributed by atoms with Crippen LogP contribution in [0.3, 0.4) is 0 Å². The first-order valence-corrected chi connectivity index (χ1v) is 32.0. The Bertz CT molecular complexity index is 3190. The van der Waals surface area contributed by atoms with Crippen molar-refractivity contribution in [2.24, 2.45) is 0 Å². The summed E-state index contributed by atoms with van der Waals surface area (Å²) in [6.07, 6.45) is 6.98. The monoisotopic (exact) mass is 1460 g/mol. The van der Waals surface area contributed by atoms with E-state index in [1.165, 1.54) is 0 Å². The van der Waals surface area contributed by atoms with E-state index in [9.17, 15) is 50.4 Å². The van der Waals surface area contributed by atoms with Gasteiger partial charge in [-0.25, -0.2) is 9.97 Å². The Hall–Kier alpha value is -7.69. The second-order valence-corrected chi connectivity index (χ2v) is 23.0. The standard InChI is InChI=1S/2C30H31N3O6.Co.2F6P.3H2O/c2*1-3-9-31-25(5-1)27-20-24(21-28(33-27)26-6-2-4-10-32-26)39-22-23-7-8-29-30(19-23)38-18-16-36-14-12-34-11-13-35-15-17-37-29;;2*1-7(2,3,4,5)6;;;/h2*1-10,19-21H,11-18,22H2;;;;3*1H2/q;;+2;2*-1;;;. The van der Waals surface area contributed by atoms with Gasteiger partial charge in [0.1, 0.15) is 51.1 Å². The van der Waals surface area contributed by atoms with E-state index in [-0.39, 0.29) is 33.2 Å². The molecular formula is C60H68CoF12N6O15P2. The van der Waals surface area contributed by atoms with E-state index in [1.807, 2.05) is 133 Å². The zero-order chi connectivity index (χ0) is 65.9. The molecule has 96 heavy (non-hydrogen) atoms. The molecule has 8 aromatic rings. The third-order valence-electron chi connectivity index (χ3n) is 11.6. The van der Waals surface area contributed by atoms with E-state index in [1.54, 1.807) is 24.8 Å². The van der Waals surface area contributed by atoms with Gasteiger partial charge in [-0.2, -0.15) is 0 Å². The summed E-state index contributed by atoms with van der Waals surface area (Å²) in [4.78, 5) is 27.4. The van der Waals surface area contributed by atoms with Crippen molar-refractivity contribution < 1.29 is 140 Å². The largest absolute Gasteiger partial charge is 2.00 e. The minimum Gasteiger partial charge on any atom is -0.489 e. The van der Waals surface area contributed by atoms with Crippen molar-refractivity contribution in [1.29, 1.82) is 0 Å². The van der Waals surface area contributed by atoms with E-state index in [4.69, 9.17) is 66.8 Å². The zero-order valence-corrected chi connectivity index (χ0v) is 53.4. The molecule has 0 atom stereocenters. The molecule has 21 nitrogen and oxygen atoms in total. The Labute approximate surface area is 552 Å². The molecule has 2 aliphatic rings. The summed E-state index contributed by atoms with van der Waals surface area (Å²) in [5.41, 5.74) is 7.70. The summed E-state index contributed by atoms with van der Waals surface area (Å²) in [7, 11) is -21.3. The van der Waals surface area contributed by atoms with Crippen LogP contribution in [-0.4, -0.2) is 152 Å². The van der Waals surface area contributed by atoms with Crippen LogP contribution >= 0.6 is 15.6 Å². The van der Waals surface area contributed by atoms with Crippen LogP contribution in [0.4, 0.5) is 50.4 Å². The van der Waals surface area contributed by atoms with E-state index in [2.05, 4.69) is 19.9 Å². The molecule has 6 N–H and O–H groups in total. The van der Waals surface area contributed by atoms with Crippen LogP contribution in [0.5, 0.6) is 34.5 Å².